The van der Waals surface area contributed by atoms with E-state index in [1.165, 1.54) is 11.1 Å². The van der Waals surface area contributed by atoms with E-state index in [0.717, 1.165) is 31.2 Å². The molecule has 2 saturated carbocycles. The second-order valence-electron chi connectivity index (χ2n) is 9.05. The first-order valence-electron chi connectivity index (χ1n) is 10.7. The van der Waals surface area contributed by atoms with Gasteiger partial charge in [-0.3, -0.25) is 0 Å². The van der Waals surface area contributed by atoms with Gasteiger partial charge in [0.25, 0.3) is 0 Å². The van der Waals surface area contributed by atoms with Gasteiger partial charge in [0.2, 0.25) is 11.7 Å². The van der Waals surface area contributed by atoms with Crippen LogP contribution in [0, 0.1) is 22.7 Å². The smallest absolute Gasteiger partial charge is 0.218 e. The minimum absolute atomic E-state index is 0.00621. The molecule has 1 heterocycles. The van der Waals surface area contributed by atoms with Crippen molar-refractivity contribution >= 4 is 11.5 Å². The maximum absolute atomic E-state index is 9.31. The Bertz CT molecular complexity index is 1030. The normalized spacial score (nSPS) is 36.4. The number of guanidine groups is 1. The summed E-state index contributed by atoms with van der Waals surface area (Å²) >= 11 is 0. The second-order valence-corrected chi connectivity index (χ2v) is 9.05. The third kappa shape index (κ3) is 2.86. The van der Waals surface area contributed by atoms with Crippen LogP contribution in [0.3, 0.4) is 0 Å². The van der Waals surface area contributed by atoms with Gasteiger partial charge in [-0.2, -0.15) is 5.26 Å². The summed E-state index contributed by atoms with van der Waals surface area (Å²) in [6, 6.07) is 9.99. The fourth-order valence-corrected chi connectivity index (χ4v) is 6.10. The predicted octanol–water partition coefficient (Wildman–Crippen LogP) is 2.99. The van der Waals surface area contributed by atoms with Gasteiger partial charge in [0, 0.05) is 32.6 Å². The molecule has 31 heavy (non-hydrogen) atoms. The van der Waals surface area contributed by atoms with Crippen molar-refractivity contribution < 1.29 is 14.3 Å². The number of methoxy groups -OCH3 is 2. The van der Waals surface area contributed by atoms with Gasteiger partial charge in [0.15, 0.2) is 0 Å². The fraction of sp³-hybridized carbons (Fsp3) is 0.500. The summed E-state index contributed by atoms with van der Waals surface area (Å²) < 4.78 is 11.6. The van der Waals surface area contributed by atoms with Gasteiger partial charge in [0.1, 0.15) is 0 Å². The first-order chi connectivity index (χ1) is 14.9. The minimum Gasteiger partial charge on any atom is -0.379 e. The van der Waals surface area contributed by atoms with Crippen LogP contribution >= 0.6 is 0 Å². The van der Waals surface area contributed by atoms with Gasteiger partial charge in [-0.1, -0.05) is 29.9 Å². The molecule has 0 bridgehead atoms. The summed E-state index contributed by atoms with van der Waals surface area (Å²) in [7, 11) is 5.30. The first-order valence-corrected chi connectivity index (χ1v) is 10.7. The van der Waals surface area contributed by atoms with Crippen molar-refractivity contribution in [2.75, 3.05) is 21.3 Å². The van der Waals surface area contributed by atoms with Gasteiger partial charge in [-0.05, 0) is 49.0 Å². The van der Waals surface area contributed by atoms with Gasteiger partial charge >= 0.3 is 0 Å². The molecule has 1 aromatic rings. The van der Waals surface area contributed by atoms with Crippen molar-refractivity contribution in [1.29, 1.82) is 5.26 Å². The highest BCUT2D eigenvalue weighted by Crippen LogP contribution is 2.66. The highest BCUT2D eigenvalue weighted by Gasteiger charge is 2.70. The van der Waals surface area contributed by atoms with E-state index in [1.54, 1.807) is 19.3 Å². The van der Waals surface area contributed by atoms with Crippen LogP contribution in [0.2, 0.25) is 0 Å². The Labute approximate surface area is 182 Å². The van der Waals surface area contributed by atoms with E-state index in [1.807, 2.05) is 25.2 Å². The monoisotopic (exact) mass is 420 g/mol. The molecule has 2 fully saturated rings. The number of fused-ring (bicyclic) bond motifs is 3. The van der Waals surface area contributed by atoms with E-state index < -0.39 is 5.72 Å². The molecule has 162 valence electrons. The van der Waals surface area contributed by atoms with Crippen molar-refractivity contribution in [2.45, 2.75) is 43.6 Å². The van der Waals surface area contributed by atoms with Crippen molar-refractivity contribution in [3.63, 3.8) is 0 Å². The topological polar surface area (TPSA) is 93.1 Å². The van der Waals surface area contributed by atoms with E-state index in [0.29, 0.717) is 11.5 Å². The number of hydroxylamine groups is 2. The molecule has 0 radical (unpaired) electrons. The number of hydrogen-bond donors (Lipinski definition) is 1. The summed E-state index contributed by atoms with van der Waals surface area (Å²) in [6.45, 7) is 0. The first kappa shape index (κ1) is 20.3. The van der Waals surface area contributed by atoms with Gasteiger partial charge < -0.3 is 15.2 Å². The quantitative estimate of drug-likeness (QED) is 0.808. The lowest BCUT2D eigenvalue weighted by Gasteiger charge is -2.40. The third-order valence-corrected chi connectivity index (χ3v) is 7.59. The number of nitriles is 1. The van der Waals surface area contributed by atoms with Crippen LogP contribution in [0.1, 0.15) is 36.8 Å². The molecule has 4 unspecified atom stereocenters. The number of rotatable bonds is 3. The number of nitrogens with zero attached hydrogens (tertiary/aromatic N) is 3. The zero-order chi connectivity index (χ0) is 21.8. The van der Waals surface area contributed by atoms with Crippen molar-refractivity contribution in [1.82, 2.24) is 5.06 Å². The number of hydrogen-bond acceptors (Lipinski definition) is 7. The van der Waals surface area contributed by atoms with Crippen LogP contribution < -0.4 is 5.73 Å². The molecular formula is C24H28N4O3. The van der Waals surface area contributed by atoms with Crippen LogP contribution in [0.25, 0.3) is 5.57 Å². The van der Waals surface area contributed by atoms with Crippen LogP contribution in [0.5, 0.6) is 0 Å². The Hall–Kier alpha value is -2.66. The number of aliphatic imine (C=N–C) groups is 1. The number of nitrogens with two attached hydrogens (primary N) is 1. The Kier molecular flexibility index (Phi) is 4.70. The zero-order valence-corrected chi connectivity index (χ0v) is 18.2. The highest BCUT2D eigenvalue weighted by molar-refractivity contribution is 5.79. The summed E-state index contributed by atoms with van der Waals surface area (Å²) in [5, 5.41) is 10.9. The lowest BCUT2D eigenvalue weighted by atomic mass is 9.74. The van der Waals surface area contributed by atoms with E-state index in [2.05, 4.69) is 24.3 Å². The molecule has 1 aliphatic heterocycles. The minimum atomic E-state index is -0.784. The highest BCUT2D eigenvalue weighted by atomic mass is 16.7. The van der Waals surface area contributed by atoms with Crippen LogP contribution in [-0.4, -0.2) is 50.2 Å². The van der Waals surface area contributed by atoms with Crippen molar-refractivity contribution in [3.05, 3.63) is 53.1 Å². The number of benzene rings is 1. The molecule has 7 heteroatoms. The zero-order valence-electron chi connectivity index (χ0n) is 18.2. The molecule has 7 nitrogen and oxygen atoms in total. The summed E-state index contributed by atoms with van der Waals surface area (Å²) in [4.78, 5) is 11.5. The Morgan fingerprint density at radius 1 is 1.23 bits per heavy atom. The lowest BCUT2D eigenvalue weighted by Crippen LogP contribution is -2.48. The lowest BCUT2D eigenvalue weighted by molar-refractivity contribution is -0.226. The van der Waals surface area contributed by atoms with Crippen LogP contribution in [0.15, 0.2) is 47.0 Å². The van der Waals surface area contributed by atoms with E-state index in [-0.39, 0.29) is 23.5 Å². The predicted molar refractivity (Wildman–Crippen MR) is 116 cm³/mol. The van der Waals surface area contributed by atoms with Gasteiger partial charge in [-0.25, -0.2) is 14.9 Å². The standard InChI is InChI=1S/C24H28N4O3/c1-28-22(26)27-24(31-28)19-10-17(16-6-4-5-15(9-16)14-25)7-8-18(19)11-23(24)12-20(29-2)21(13-23)30-3/h4-9,19-21H,10-13H2,1-3H3,(H2,26,27). The molecule has 2 spiro atoms. The van der Waals surface area contributed by atoms with Gasteiger partial charge in [-0.15, -0.1) is 0 Å². The van der Waals surface area contributed by atoms with Crippen molar-refractivity contribution in [3.8, 4) is 6.07 Å². The molecule has 5 rings (SSSR count). The van der Waals surface area contributed by atoms with Crippen LogP contribution in [0.4, 0.5) is 0 Å². The maximum atomic E-state index is 9.31. The molecule has 4 atom stereocenters. The van der Waals surface area contributed by atoms with E-state index >= 15 is 0 Å². The van der Waals surface area contributed by atoms with Crippen LogP contribution in [-0.2, 0) is 14.3 Å². The van der Waals surface area contributed by atoms with Crippen molar-refractivity contribution in [2.24, 2.45) is 22.1 Å². The second kappa shape index (κ2) is 7.20. The third-order valence-electron chi connectivity index (χ3n) is 7.59. The summed E-state index contributed by atoms with van der Waals surface area (Å²) in [5.41, 5.74) is 9.44. The molecule has 2 N–H and O–H groups in total. The molecule has 0 amide bonds. The average Bonchev–Trinajstić information content (AvgIpc) is 3.40. The molecule has 0 saturated heterocycles. The summed E-state index contributed by atoms with van der Waals surface area (Å²) in [5.74, 6) is 0.466. The average molecular weight is 421 g/mol. The largest absolute Gasteiger partial charge is 0.379 e. The summed E-state index contributed by atoms with van der Waals surface area (Å²) in [6.07, 6.45) is 7.65. The maximum Gasteiger partial charge on any atom is 0.218 e. The Morgan fingerprint density at radius 3 is 2.58 bits per heavy atom. The number of ether oxygens (including phenoxy) is 2. The number of allylic oxidation sites excluding steroid dienone is 3. The SMILES string of the molecule is COC1CC2(CC3=CC=C(c4cccc(C#N)c4)CC3C23N=C(N)N(C)O3)CC1OC. The molecule has 0 aromatic heterocycles. The molecular weight excluding hydrogens is 392 g/mol. The fourth-order valence-electron chi connectivity index (χ4n) is 6.10. The molecule has 1 aromatic carbocycles. The molecule has 4 aliphatic rings. The van der Waals surface area contributed by atoms with E-state index in [9.17, 15) is 5.26 Å². The Morgan fingerprint density at radius 2 is 1.97 bits per heavy atom. The van der Waals surface area contributed by atoms with E-state index in [4.69, 9.17) is 25.0 Å². The van der Waals surface area contributed by atoms with Gasteiger partial charge in [0.05, 0.1) is 23.8 Å². The molecule has 3 aliphatic carbocycles. The Balaban J connectivity index is 1.56.